The summed E-state index contributed by atoms with van der Waals surface area (Å²) in [6.45, 7) is 5.14. The molecule has 1 unspecified atom stereocenters. The Balaban J connectivity index is 2.01. The van der Waals surface area contributed by atoms with E-state index in [1.807, 2.05) is 0 Å². The van der Waals surface area contributed by atoms with Crippen molar-refractivity contribution < 1.29 is 9.90 Å². The minimum atomic E-state index is -0.937. The maximum Gasteiger partial charge on any atom is 0.337 e. The summed E-state index contributed by atoms with van der Waals surface area (Å²) in [6, 6.07) is 5.19. The third kappa shape index (κ3) is 3.61. The standard InChI is InChI=1S/C14H19ClN2O2/c1-10(17-6-2-3-7-17)9-16-13-8-11(15)4-5-12(13)14(18)19/h4-5,8,10,16H,2-3,6-7,9H2,1H3,(H,18,19). The fourth-order valence-corrected chi connectivity index (χ4v) is 2.59. The van der Waals surface area contributed by atoms with Crippen LogP contribution in [0.15, 0.2) is 18.2 Å². The number of carboxylic acid groups (broad SMARTS) is 1. The molecule has 2 N–H and O–H groups in total. The van der Waals surface area contributed by atoms with Crippen LogP contribution in [0.5, 0.6) is 0 Å². The van der Waals surface area contributed by atoms with Crippen molar-refractivity contribution in [1.82, 2.24) is 4.90 Å². The highest BCUT2D eigenvalue weighted by Crippen LogP contribution is 2.21. The lowest BCUT2D eigenvalue weighted by Crippen LogP contribution is -2.35. The molecule has 1 aromatic rings. The number of carboxylic acids is 1. The van der Waals surface area contributed by atoms with Gasteiger partial charge in [-0.2, -0.15) is 0 Å². The smallest absolute Gasteiger partial charge is 0.337 e. The van der Waals surface area contributed by atoms with Crippen molar-refractivity contribution in [2.75, 3.05) is 25.0 Å². The number of halogens is 1. The average Bonchev–Trinajstić information content (AvgIpc) is 2.89. The summed E-state index contributed by atoms with van der Waals surface area (Å²) >= 11 is 5.92. The minimum Gasteiger partial charge on any atom is -0.478 e. The minimum absolute atomic E-state index is 0.262. The summed E-state index contributed by atoms with van der Waals surface area (Å²) in [6.07, 6.45) is 2.50. The summed E-state index contributed by atoms with van der Waals surface area (Å²) < 4.78 is 0. The summed E-state index contributed by atoms with van der Waals surface area (Å²) in [7, 11) is 0. The fraction of sp³-hybridized carbons (Fsp3) is 0.500. The molecule has 2 rings (SSSR count). The first-order chi connectivity index (χ1) is 9.08. The molecule has 1 saturated heterocycles. The molecule has 19 heavy (non-hydrogen) atoms. The number of anilines is 1. The highest BCUT2D eigenvalue weighted by atomic mass is 35.5. The molecule has 104 valence electrons. The van der Waals surface area contributed by atoms with E-state index in [4.69, 9.17) is 16.7 Å². The SMILES string of the molecule is CC(CNc1cc(Cl)ccc1C(=O)O)N1CCCC1. The monoisotopic (exact) mass is 282 g/mol. The lowest BCUT2D eigenvalue weighted by Gasteiger charge is -2.24. The van der Waals surface area contributed by atoms with Crippen LogP contribution in [0.2, 0.25) is 5.02 Å². The van der Waals surface area contributed by atoms with Crippen LogP contribution in [0.4, 0.5) is 5.69 Å². The molecule has 0 bridgehead atoms. The average molecular weight is 283 g/mol. The largest absolute Gasteiger partial charge is 0.478 e. The van der Waals surface area contributed by atoms with E-state index < -0.39 is 5.97 Å². The van der Waals surface area contributed by atoms with Gasteiger partial charge in [-0.1, -0.05) is 11.6 Å². The number of hydrogen-bond acceptors (Lipinski definition) is 3. The number of nitrogens with zero attached hydrogens (tertiary/aromatic N) is 1. The molecule has 1 heterocycles. The van der Waals surface area contributed by atoms with Gasteiger partial charge in [0.2, 0.25) is 0 Å². The van der Waals surface area contributed by atoms with Crippen LogP contribution in [0.25, 0.3) is 0 Å². The van der Waals surface area contributed by atoms with Gasteiger partial charge in [-0.15, -0.1) is 0 Å². The maximum absolute atomic E-state index is 11.1. The van der Waals surface area contributed by atoms with Crippen LogP contribution in [0, 0.1) is 0 Å². The van der Waals surface area contributed by atoms with Crippen molar-refractivity contribution in [1.29, 1.82) is 0 Å². The highest BCUT2D eigenvalue weighted by molar-refractivity contribution is 6.31. The molecule has 0 aromatic heterocycles. The van der Waals surface area contributed by atoms with Gasteiger partial charge in [0, 0.05) is 17.6 Å². The van der Waals surface area contributed by atoms with Crippen LogP contribution < -0.4 is 5.32 Å². The Morgan fingerprint density at radius 2 is 2.16 bits per heavy atom. The van der Waals surface area contributed by atoms with Gasteiger partial charge in [0.05, 0.1) is 11.3 Å². The first-order valence-electron chi connectivity index (χ1n) is 6.58. The molecule has 0 saturated carbocycles. The molecule has 4 nitrogen and oxygen atoms in total. The number of nitrogens with one attached hydrogen (secondary N) is 1. The Morgan fingerprint density at radius 3 is 2.79 bits per heavy atom. The molecule has 0 aliphatic carbocycles. The quantitative estimate of drug-likeness (QED) is 0.872. The summed E-state index contributed by atoms with van der Waals surface area (Å²) in [5.74, 6) is -0.937. The molecular weight excluding hydrogens is 264 g/mol. The number of carbonyl (C=O) groups is 1. The highest BCUT2D eigenvalue weighted by Gasteiger charge is 2.18. The Bertz CT molecular complexity index is 459. The van der Waals surface area contributed by atoms with Crippen molar-refractivity contribution >= 4 is 23.3 Å². The number of hydrogen-bond donors (Lipinski definition) is 2. The molecule has 1 aliphatic rings. The molecular formula is C14H19ClN2O2. The molecule has 1 aliphatic heterocycles. The van der Waals surface area contributed by atoms with Gasteiger partial charge in [0.25, 0.3) is 0 Å². The summed E-state index contributed by atoms with van der Waals surface area (Å²) in [5.41, 5.74) is 0.851. The molecule has 5 heteroatoms. The normalized spacial score (nSPS) is 17.4. The van der Waals surface area contributed by atoms with E-state index in [0.717, 1.165) is 19.6 Å². The molecule has 1 atom stereocenters. The Labute approximate surface area is 118 Å². The van der Waals surface area contributed by atoms with E-state index in [1.54, 1.807) is 12.1 Å². The van der Waals surface area contributed by atoms with E-state index in [-0.39, 0.29) is 5.56 Å². The van der Waals surface area contributed by atoms with E-state index in [0.29, 0.717) is 16.8 Å². The molecule has 1 fully saturated rings. The second-order valence-corrected chi connectivity index (χ2v) is 5.40. The Kier molecular flexibility index (Phi) is 4.66. The van der Waals surface area contributed by atoms with Crippen LogP contribution >= 0.6 is 11.6 Å². The van der Waals surface area contributed by atoms with Gasteiger partial charge >= 0.3 is 5.97 Å². The van der Waals surface area contributed by atoms with Crippen molar-refractivity contribution in [3.63, 3.8) is 0 Å². The zero-order valence-electron chi connectivity index (χ0n) is 11.0. The Morgan fingerprint density at radius 1 is 1.47 bits per heavy atom. The van der Waals surface area contributed by atoms with E-state index in [2.05, 4.69) is 17.1 Å². The van der Waals surface area contributed by atoms with Crippen LogP contribution in [0.1, 0.15) is 30.1 Å². The number of benzene rings is 1. The second kappa shape index (κ2) is 6.26. The van der Waals surface area contributed by atoms with Gasteiger partial charge in [-0.05, 0) is 51.1 Å². The fourth-order valence-electron chi connectivity index (χ4n) is 2.42. The number of aromatic carboxylic acids is 1. The number of likely N-dealkylation sites (tertiary alicyclic amines) is 1. The molecule has 1 aromatic carbocycles. The van der Waals surface area contributed by atoms with Crippen molar-refractivity contribution in [2.45, 2.75) is 25.8 Å². The van der Waals surface area contributed by atoms with E-state index in [1.165, 1.54) is 18.9 Å². The zero-order chi connectivity index (χ0) is 13.8. The predicted molar refractivity (Wildman–Crippen MR) is 77.2 cm³/mol. The third-order valence-corrected chi connectivity index (χ3v) is 3.80. The first kappa shape index (κ1) is 14.2. The number of rotatable bonds is 5. The van der Waals surface area contributed by atoms with Crippen LogP contribution in [-0.2, 0) is 0 Å². The van der Waals surface area contributed by atoms with Gasteiger partial charge in [0.15, 0.2) is 0 Å². The van der Waals surface area contributed by atoms with Gasteiger partial charge in [0.1, 0.15) is 0 Å². The summed E-state index contributed by atoms with van der Waals surface area (Å²) in [4.78, 5) is 13.6. The predicted octanol–water partition coefficient (Wildman–Crippen LogP) is 2.93. The molecule has 0 radical (unpaired) electrons. The first-order valence-corrected chi connectivity index (χ1v) is 6.96. The maximum atomic E-state index is 11.1. The Hall–Kier alpha value is -1.26. The van der Waals surface area contributed by atoms with Crippen LogP contribution in [-0.4, -0.2) is 41.7 Å². The van der Waals surface area contributed by atoms with Gasteiger partial charge in [-0.3, -0.25) is 4.90 Å². The third-order valence-electron chi connectivity index (χ3n) is 3.56. The molecule has 0 spiro atoms. The van der Waals surface area contributed by atoms with Crippen molar-refractivity contribution in [3.8, 4) is 0 Å². The van der Waals surface area contributed by atoms with Gasteiger partial charge in [-0.25, -0.2) is 4.79 Å². The van der Waals surface area contributed by atoms with Crippen molar-refractivity contribution in [3.05, 3.63) is 28.8 Å². The topological polar surface area (TPSA) is 52.6 Å². The lowest BCUT2D eigenvalue weighted by atomic mass is 10.1. The summed E-state index contributed by atoms with van der Waals surface area (Å²) in [5, 5.41) is 12.9. The van der Waals surface area contributed by atoms with E-state index >= 15 is 0 Å². The van der Waals surface area contributed by atoms with Gasteiger partial charge < -0.3 is 10.4 Å². The second-order valence-electron chi connectivity index (χ2n) is 4.97. The zero-order valence-corrected chi connectivity index (χ0v) is 11.8. The van der Waals surface area contributed by atoms with Crippen LogP contribution in [0.3, 0.4) is 0 Å². The van der Waals surface area contributed by atoms with E-state index in [9.17, 15) is 4.79 Å². The molecule has 0 amide bonds. The van der Waals surface area contributed by atoms with Crippen molar-refractivity contribution in [2.24, 2.45) is 0 Å². The lowest BCUT2D eigenvalue weighted by molar-refractivity contribution is 0.0698.